The van der Waals surface area contributed by atoms with Crippen LogP contribution >= 0.6 is 0 Å². The molecule has 0 bridgehead atoms. The lowest BCUT2D eigenvalue weighted by Gasteiger charge is -2.13. The van der Waals surface area contributed by atoms with Crippen LogP contribution < -0.4 is 4.72 Å². The Hall–Kier alpha value is -1.75. The van der Waals surface area contributed by atoms with Gasteiger partial charge in [-0.3, -0.25) is 4.72 Å². The van der Waals surface area contributed by atoms with Gasteiger partial charge < -0.3 is 4.42 Å². The molecule has 2 rings (SSSR count). The molecule has 0 aliphatic rings. The largest absolute Gasteiger partial charge is 0.465 e. The van der Waals surface area contributed by atoms with Crippen LogP contribution in [0.15, 0.2) is 33.6 Å². The van der Waals surface area contributed by atoms with Crippen LogP contribution in [0.5, 0.6) is 0 Å². The Kier molecular flexibility index (Phi) is 3.90. The van der Waals surface area contributed by atoms with Crippen LogP contribution in [0.1, 0.15) is 29.6 Å². The highest BCUT2D eigenvalue weighted by Gasteiger charge is 2.22. The van der Waals surface area contributed by atoms with Crippen molar-refractivity contribution in [1.82, 2.24) is 0 Å². The van der Waals surface area contributed by atoms with Gasteiger partial charge in [-0.25, -0.2) is 8.42 Å². The van der Waals surface area contributed by atoms with Gasteiger partial charge >= 0.3 is 0 Å². The Balaban J connectivity index is 2.46. The van der Waals surface area contributed by atoms with Crippen molar-refractivity contribution in [3.8, 4) is 0 Å². The third-order valence-electron chi connectivity index (χ3n) is 3.26. The van der Waals surface area contributed by atoms with Crippen LogP contribution in [0, 0.1) is 20.8 Å². The summed E-state index contributed by atoms with van der Waals surface area (Å²) in [6.45, 7) is 7.28. The second kappa shape index (κ2) is 5.32. The molecular weight excluding hydrogens is 274 g/mol. The normalized spacial score (nSPS) is 11.6. The highest BCUT2D eigenvalue weighted by molar-refractivity contribution is 7.92. The SMILES string of the molecule is CCc1cccc(C)c1NS(=O)(=O)c1cc(C)oc1C. The summed E-state index contributed by atoms with van der Waals surface area (Å²) in [7, 11) is -3.62. The van der Waals surface area contributed by atoms with Crippen LogP contribution in [0.2, 0.25) is 0 Å². The van der Waals surface area contributed by atoms with Gasteiger partial charge in [-0.15, -0.1) is 0 Å². The predicted molar refractivity (Wildman–Crippen MR) is 79.5 cm³/mol. The Morgan fingerprint density at radius 1 is 1.20 bits per heavy atom. The van der Waals surface area contributed by atoms with E-state index in [0.717, 1.165) is 17.5 Å². The first-order valence-electron chi connectivity index (χ1n) is 6.53. The molecular formula is C15H19NO3S. The third kappa shape index (κ3) is 2.72. The molecule has 0 spiro atoms. The minimum atomic E-state index is -3.62. The number of furan rings is 1. The number of nitrogens with one attached hydrogen (secondary N) is 1. The van der Waals surface area contributed by atoms with E-state index in [0.29, 0.717) is 17.2 Å². The van der Waals surface area contributed by atoms with E-state index < -0.39 is 10.0 Å². The van der Waals surface area contributed by atoms with E-state index in [-0.39, 0.29) is 4.90 Å². The number of rotatable bonds is 4. The van der Waals surface area contributed by atoms with E-state index in [1.54, 1.807) is 19.9 Å². The zero-order chi connectivity index (χ0) is 14.9. The van der Waals surface area contributed by atoms with Gasteiger partial charge in [-0.05, 0) is 38.3 Å². The number of aryl methyl sites for hydroxylation is 4. The summed E-state index contributed by atoms with van der Waals surface area (Å²) in [4.78, 5) is 0.195. The van der Waals surface area contributed by atoms with E-state index in [9.17, 15) is 8.42 Å². The number of benzene rings is 1. The Labute approximate surface area is 119 Å². The monoisotopic (exact) mass is 293 g/mol. The summed E-state index contributed by atoms with van der Waals surface area (Å²) in [6.07, 6.45) is 0.767. The second-order valence-electron chi connectivity index (χ2n) is 4.85. The maximum atomic E-state index is 12.5. The fraction of sp³-hybridized carbons (Fsp3) is 0.333. The van der Waals surface area contributed by atoms with Crippen LogP contribution in [0.25, 0.3) is 0 Å². The van der Waals surface area contributed by atoms with Crippen LogP contribution in [0.3, 0.4) is 0 Å². The Bertz CT molecular complexity index is 730. The first-order chi connectivity index (χ1) is 9.35. The van der Waals surface area contributed by atoms with Gasteiger partial charge in [0, 0.05) is 6.07 Å². The van der Waals surface area contributed by atoms with Crippen molar-refractivity contribution in [3.05, 3.63) is 46.9 Å². The lowest BCUT2D eigenvalue weighted by Crippen LogP contribution is -2.15. The molecule has 0 amide bonds. The van der Waals surface area contributed by atoms with Gasteiger partial charge in [0.2, 0.25) is 0 Å². The lowest BCUT2D eigenvalue weighted by atomic mass is 10.1. The van der Waals surface area contributed by atoms with Crippen molar-refractivity contribution in [2.75, 3.05) is 4.72 Å². The lowest BCUT2D eigenvalue weighted by molar-refractivity contribution is 0.496. The zero-order valence-electron chi connectivity index (χ0n) is 12.1. The summed E-state index contributed by atoms with van der Waals surface area (Å²) in [5.41, 5.74) is 2.55. The van der Waals surface area contributed by atoms with Gasteiger partial charge in [0.25, 0.3) is 10.0 Å². The zero-order valence-corrected chi connectivity index (χ0v) is 13.0. The summed E-state index contributed by atoms with van der Waals surface area (Å²) in [6, 6.07) is 7.30. The van der Waals surface area contributed by atoms with Gasteiger partial charge in [-0.1, -0.05) is 25.1 Å². The van der Waals surface area contributed by atoms with Crippen LogP contribution in [0.4, 0.5) is 5.69 Å². The fourth-order valence-corrected chi connectivity index (χ4v) is 3.64. The predicted octanol–water partition coefficient (Wildman–Crippen LogP) is 3.57. The van der Waals surface area contributed by atoms with Crippen molar-refractivity contribution in [2.45, 2.75) is 39.0 Å². The summed E-state index contributed by atoms with van der Waals surface area (Å²) >= 11 is 0. The van der Waals surface area contributed by atoms with E-state index in [2.05, 4.69) is 4.72 Å². The average Bonchev–Trinajstić information content (AvgIpc) is 2.72. The minimum Gasteiger partial charge on any atom is -0.465 e. The molecule has 1 aromatic heterocycles. The molecule has 0 fully saturated rings. The second-order valence-corrected chi connectivity index (χ2v) is 6.50. The maximum Gasteiger partial charge on any atom is 0.265 e. The molecule has 0 atom stereocenters. The van der Waals surface area contributed by atoms with Crippen LogP contribution in [-0.4, -0.2) is 8.42 Å². The van der Waals surface area contributed by atoms with Crippen molar-refractivity contribution in [2.24, 2.45) is 0 Å². The standard InChI is InChI=1S/C15H19NO3S/c1-5-13-8-6-7-10(2)15(13)16-20(17,18)14-9-11(3)19-12(14)4/h6-9,16H,5H2,1-4H3. The average molecular weight is 293 g/mol. The van der Waals surface area contributed by atoms with Gasteiger partial charge in [-0.2, -0.15) is 0 Å². The summed E-state index contributed by atoms with van der Waals surface area (Å²) in [5, 5.41) is 0. The molecule has 0 saturated carbocycles. The molecule has 0 radical (unpaired) electrons. The van der Waals surface area contributed by atoms with Crippen molar-refractivity contribution >= 4 is 15.7 Å². The molecule has 1 aromatic carbocycles. The minimum absolute atomic E-state index is 0.195. The Morgan fingerprint density at radius 2 is 1.90 bits per heavy atom. The van der Waals surface area contributed by atoms with Gasteiger partial charge in [0.05, 0.1) is 5.69 Å². The molecule has 0 saturated heterocycles. The number of para-hydroxylation sites is 1. The molecule has 0 aliphatic heterocycles. The fourth-order valence-electron chi connectivity index (χ4n) is 2.23. The van der Waals surface area contributed by atoms with E-state index in [4.69, 9.17) is 4.42 Å². The van der Waals surface area contributed by atoms with E-state index >= 15 is 0 Å². The first kappa shape index (κ1) is 14.7. The maximum absolute atomic E-state index is 12.5. The smallest absolute Gasteiger partial charge is 0.265 e. The summed E-state index contributed by atoms with van der Waals surface area (Å²) in [5.74, 6) is 0.991. The number of anilines is 1. The van der Waals surface area contributed by atoms with E-state index in [1.807, 2.05) is 32.0 Å². The molecule has 0 unspecified atom stereocenters. The molecule has 108 valence electrons. The number of hydrogen-bond acceptors (Lipinski definition) is 3. The quantitative estimate of drug-likeness (QED) is 0.937. The highest BCUT2D eigenvalue weighted by Crippen LogP contribution is 2.27. The highest BCUT2D eigenvalue weighted by atomic mass is 32.2. The van der Waals surface area contributed by atoms with Gasteiger partial charge in [0.1, 0.15) is 16.4 Å². The number of hydrogen-bond donors (Lipinski definition) is 1. The third-order valence-corrected chi connectivity index (χ3v) is 4.72. The molecule has 0 aliphatic carbocycles. The topological polar surface area (TPSA) is 59.3 Å². The van der Waals surface area contributed by atoms with Crippen molar-refractivity contribution in [1.29, 1.82) is 0 Å². The van der Waals surface area contributed by atoms with Crippen LogP contribution in [-0.2, 0) is 16.4 Å². The molecule has 4 nitrogen and oxygen atoms in total. The Morgan fingerprint density at radius 3 is 2.45 bits per heavy atom. The molecule has 1 heterocycles. The first-order valence-corrected chi connectivity index (χ1v) is 8.02. The van der Waals surface area contributed by atoms with Crippen molar-refractivity contribution < 1.29 is 12.8 Å². The van der Waals surface area contributed by atoms with Crippen molar-refractivity contribution in [3.63, 3.8) is 0 Å². The van der Waals surface area contributed by atoms with Gasteiger partial charge in [0.15, 0.2) is 0 Å². The molecule has 2 aromatic rings. The molecule has 1 N–H and O–H groups in total. The van der Waals surface area contributed by atoms with E-state index in [1.165, 1.54) is 0 Å². The molecule has 20 heavy (non-hydrogen) atoms. The summed E-state index contributed by atoms with van der Waals surface area (Å²) < 4.78 is 33.0. The molecule has 5 heteroatoms. The number of sulfonamides is 1.